The van der Waals surface area contributed by atoms with Crippen LogP contribution in [0.15, 0.2) is 42.5 Å². The Bertz CT molecular complexity index is 841. The van der Waals surface area contributed by atoms with Gasteiger partial charge in [0.05, 0.1) is 22.2 Å². The first-order valence-corrected chi connectivity index (χ1v) is 9.58. The molecule has 3 nitrogen and oxygen atoms in total. The first kappa shape index (κ1) is 23.2. The van der Waals surface area contributed by atoms with Gasteiger partial charge >= 0.3 is 6.18 Å². The lowest BCUT2D eigenvalue weighted by Gasteiger charge is -2.30. The summed E-state index contributed by atoms with van der Waals surface area (Å²) in [6.45, 7) is 7.09. The molecular weight excluding hydrogens is 408 g/mol. The number of carbonyl (C=O) groups excluding carboxylic acids is 1. The predicted molar refractivity (Wildman–Crippen MR) is 105 cm³/mol. The summed E-state index contributed by atoms with van der Waals surface area (Å²) in [4.78, 5) is 14.8. The van der Waals surface area contributed by atoms with Crippen LogP contribution in [0.3, 0.4) is 0 Å². The molecule has 0 aliphatic heterocycles. The fourth-order valence-electron chi connectivity index (χ4n) is 3.01. The second-order valence-electron chi connectivity index (χ2n) is 6.94. The highest BCUT2D eigenvalue weighted by molar-refractivity contribution is 6.31. The van der Waals surface area contributed by atoms with E-state index in [1.165, 1.54) is 0 Å². The van der Waals surface area contributed by atoms with Crippen LogP contribution in [-0.4, -0.2) is 29.9 Å². The quantitative estimate of drug-likeness (QED) is 0.571. The van der Waals surface area contributed by atoms with Crippen LogP contribution >= 0.6 is 11.6 Å². The third-order valence-electron chi connectivity index (χ3n) is 4.66. The molecular formula is C21H23ClF4N2O. The van der Waals surface area contributed by atoms with Crippen LogP contribution in [0.1, 0.15) is 48.3 Å². The van der Waals surface area contributed by atoms with Crippen LogP contribution in [0.4, 0.5) is 17.6 Å². The largest absolute Gasteiger partial charge is 0.416 e. The summed E-state index contributed by atoms with van der Waals surface area (Å²) < 4.78 is 53.5. The van der Waals surface area contributed by atoms with E-state index in [0.717, 1.165) is 5.56 Å². The van der Waals surface area contributed by atoms with Gasteiger partial charge in [0.2, 0.25) is 0 Å². The Hall–Kier alpha value is -2.12. The molecule has 2 aromatic carbocycles. The Labute approximate surface area is 172 Å². The highest BCUT2D eigenvalue weighted by Crippen LogP contribution is 2.33. The fourth-order valence-corrected chi connectivity index (χ4v) is 3.23. The van der Waals surface area contributed by atoms with Gasteiger partial charge in [-0.15, -0.1) is 0 Å². The molecule has 8 heteroatoms. The average molecular weight is 431 g/mol. The van der Waals surface area contributed by atoms with Crippen molar-refractivity contribution in [2.75, 3.05) is 13.1 Å². The lowest BCUT2D eigenvalue weighted by atomic mass is 10.0. The maximum absolute atomic E-state index is 14.4. The van der Waals surface area contributed by atoms with Crippen molar-refractivity contribution in [3.8, 4) is 0 Å². The van der Waals surface area contributed by atoms with Crippen LogP contribution in [0.25, 0.3) is 0 Å². The van der Waals surface area contributed by atoms with Crippen molar-refractivity contribution in [1.29, 1.82) is 0 Å². The summed E-state index contributed by atoms with van der Waals surface area (Å²) >= 11 is 5.61. The van der Waals surface area contributed by atoms with E-state index in [-0.39, 0.29) is 6.04 Å². The number of amides is 1. The second kappa shape index (κ2) is 9.59. The molecule has 0 saturated heterocycles. The van der Waals surface area contributed by atoms with E-state index in [9.17, 15) is 22.4 Å². The first-order valence-electron chi connectivity index (χ1n) is 9.20. The number of nitrogens with one attached hydrogen (secondary N) is 1. The van der Waals surface area contributed by atoms with Gasteiger partial charge in [-0.25, -0.2) is 4.39 Å². The summed E-state index contributed by atoms with van der Waals surface area (Å²) in [6, 6.07) is 9.60. The van der Waals surface area contributed by atoms with Gasteiger partial charge in [-0.3, -0.25) is 9.69 Å². The monoisotopic (exact) mass is 430 g/mol. The minimum atomic E-state index is -4.75. The van der Waals surface area contributed by atoms with Gasteiger partial charge in [0.15, 0.2) is 5.82 Å². The molecule has 0 saturated carbocycles. The second-order valence-corrected chi connectivity index (χ2v) is 7.34. The Morgan fingerprint density at radius 2 is 1.79 bits per heavy atom. The van der Waals surface area contributed by atoms with E-state index < -0.39 is 40.1 Å². The highest BCUT2D eigenvalue weighted by atomic mass is 35.5. The molecule has 0 radical (unpaired) electrons. The van der Waals surface area contributed by atoms with E-state index in [1.54, 1.807) is 24.3 Å². The van der Waals surface area contributed by atoms with Crippen molar-refractivity contribution < 1.29 is 22.4 Å². The lowest BCUT2D eigenvalue weighted by molar-refractivity contribution is -0.137. The van der Waals surface area contributed by atoms with Gasteiger partial charge < -0.3 is 5.32 Å². The van der Waals surface area contributed by atoms with E-state index in [4.69, 9.17) is 11.6 Å². The molecule has 0 fully saturated rings. The van der Waals surface area contributed by atoms with Gasteiger partial charge in [-0.1, -0.05) is 48.9 Å². The van der Waals surface area contributed by atoms with Crippen LogP contribution < -0.4 is 5.32 Å². The van der Waals surface area contributed by atoms with Crippen molar-refractivity contribution in [3.05, 3.63) is 70.0 Å². The van der Waals surface area contributed by atoms with Crippen LogP contribution in [-0.2, 0) is 6.18 Å². The molecule has 2 rings (SSSR count). The van der Waals surface area contributed by atoms with Crippen molar-refractivity contribution in [2.45, 2.75) is 39.0 Å². The third kappa shape index (κ3) is 5.93. The molecule has 1 atom stereocenters. The number of alkyl halides is 3. The number of nitrogens with zero attached hydrogens (tertiary/aromatic N) is 1. The highest BCUT2D eigenvalue weighted by Gasteiger charge is 2.33. The lowest BCUT2D eigenvalue weighted by Crippen LogP contribution is -2.41. The topological polar surface area (TPSA) is 32.3 Å². The number of hydrogen-bond donors (Lipinski definition) is 1. The molecule has 158 valence electrons. The summed E-state index contributed by atoms with van der Waals surface area (Å²) in [5.74, 6) is -2.13. The Balaban J connectivity index is 2.38. The van der Waals surface area contributed by atoms with Crippen LogP contribution in [0.5, 0.6) is 0 Å². The smallest absolute Gasteiger partial charge is 0.344 e. The summed E-state index contributed by atoms with van der Waals surface area (Å²) in [5.41, 5.74) is -1.15. The van der Waals surface area contributed by atoms with Crippen LogP contribution in [0.2, 0.25) is 5.02 Å². The number of rotatable bonds is 7. The average Bonchev–Trinajstić information content (AvgIpc) is 2.66. The van der Waals surface area contributed by atoms with E-state index >= 15 is 0 Å². The number of hydrogen-bond acceptors (Lipinski definition) is 2. The van der Waals surface area contributed by atoms with Gasteiger partial charge in [0.25, 0.3) is 5.91 Å². The molecule has 29 heavy (non-hydrogen) atoms. The molecule has 0 aliphatic carbocycles. The SMILES string of the molecule is CCN(CC(NC(=O)c1cc(C(F)(F)F)cc(Cl)c1F)c1ccccc1)C(C)C. The maximum atomic E-state index is 14.4. The Morgan fingerprint density at radius 1 is 1.17 bits per heavy atom. The molecule has 1 N–H and O–H groups in total. The Morgan fingerprint density at radius 3 is 2.31 bits per heavy atom. The first-order chi connectivity index (χ1) is 13.5. The van der Waals surface area contributed by atoms with E-state index in [2.05, 4.69) is 10.2 Å². The number of likely N-dealkylation sites (N-methyl/N-ethyl adjacent to an activating group) is 1. The normalized spacial score (nSPS) is 13.0. The number of carbonyl (C=O) groups is 1. The predicted octanol–water partition coefficient (Wildman–Crippen LogP) is 5.70. The Kier molecular flexibility index (Phi) is 7.66. The standard InChI is InChI=1S/C21H23ClF4N2O/c1-4-28(13(2)3)12-18(14-8-6-5-7-9-14)27-20(29)16-10-15(21(24,25)26)11-17(22)19(16)23/h5-11,13,18H,4,12H2,1-3H3,(H,27,29). The van der Waals surface area contributed by atoms with Crippen molar-refractivity contribution in [3.63, 3.8) is 0 Å². The zero-order valence-electron chi connectivity index (χ0n) is 16.4. The van der Waals surface area contributed by atoms with Gasteiger partial charge in [-0.2, -0.15) is 13.2 Å². The molecule has 2 aromatic rings. The zero-order chi connectivity index (χ0) is 21.8. The molecule has 1 amide bonds. The number of benzene rings is 2. The zero-order valence-corrected chi connectivity index (χ0v) is 17.1. The summed E-state index contributed by atoms with van der Waals surface area (Å²) in [7, 11) is 0. The molecule has 0 spiro atoms. The maximum Gasteiger partial charge on any atom is 0.416 e. The van der Waals surface area contributed by atoms with Gasteiger partial charge in [-0.05, 0) is 38.1 Å². The van der Waals surface area contributed by atoms with Crippen molar-refractivity contribution in [2.24, 2.45) is 0 Å². The summed E-state index contributed by atoms with van der Waals surface area (Å²) in [5, 5.41) is 1.92. The summed E-state index contributed by atoms with van der Waals surface area (Å²) in [6.07, 6.45) is -4.75. The molecule has 1 unspecified atom stereocenters. The molecule has 0 aliphatic rings. The molecule has 0 aromatic heterocycles. The van der Waals surface area contributed by atoms with Gasteiger partial charge in [0.1, 0.15) is 0 Å². The third-order valence-corrected chi connectivity index (χ3v) is 4.94. The number of halogens is 5. The fraction of sp³-hybridized carbons (Fsp3) is 0.381. The molecule has 0 bridgehead atoms. The minimum absolute atomic E-state index is 0.183. The van der Waals surface area contributed by atoms with E-state index in [0.29, 0.717) is 25.2 Å². The molecule has 0 heterocycles. The van der Waals surface area contributed by atoms with Gasteiger partial charge in [0, 0.05) is 12.6 Å². The van der Waals surface area contributed by atoms with E-state index in [1.807, 2.05) is 26.8 Å². The minimum Gasteiger partial charge on any atom is -0.344 e. The van der Waals surface area contributed by atoms with Crippen molar-refractivity contribution >= 4 is 17.5 Å². The van der Waals surface area contributed by atoms with Crippen molar-refractivity contribution in [1.82, 2.24) is 10.2 Å². The van der Waals surface area contributed by atoms with Crippen LogP contribution in [0, 0.1) is 5.82 Å².